The number of aromatic nitrogens is 2. The molecule has 8 nitrogen and oxygen atoms in total. The number of hydrogen-bond donors (Lipinski definition) is 1. The first-order chi connectivity index (χ1) is 15.3. The van der Waals surface area contributed by atoms with Gasteiger partial charge >= 0.3 is 0 Å². The first-order valence-corrected chi connectivity index (χ1v) is 11.9. The molecule has 2 aromatic heterocycles. The summed E-state index contributed by atoms with van der Waals surface area (Å²) < 4.78 is 81.4. The topological polar surface area (TPSA) is 96.8 Å². The average Bonchev–Trinajstić information content (AvgIpc) is 3.21. The minimum Gasteiger partial charge on any atom is -0.381 e. The molecule has 0 spiro atoms. The molecule has 1 N–H and O–H groups in total. The number of sulfonamides is 1. The summed E-state index contributed by atoms with van der Waals surface area (Å²) in [7, 11) is -3.86. The minimum atomic E-state index is -3.86. The standard InChI is InChI=1S/C19H18ClF4N5O3S/c1-18(17-12(3-10(20)6-26-17)16-13(22)4-11(21)7-25-16)5-15(27-32-18)29-8-14(19(23,24)9-29)28-33(2,30)31/h3-4,6-7,14,28H,5,8-9H2,1-2H3. The first kappa shape index (κ1) is 23.6. The van der Waals surface area contributed by atoms with E-state index in [2.05, 4.69) is 15.1 Å². The quantitative estimate of drug-likeness (QED) is 0.639. The van der Waals surface area contributed by atoms with Crippen molar-refractivity contribution in [3.05, 3.63) is 46.9 Å². The summed E-state index contributed by atoms with van der Waals surface area (Å²) in [5, 5.41) is 4.09. The van der Waals surface area contributed by atoms with E-state index in [1.165, 1.54) is 17.2 Å². The Morgan fingerprint density at radius 1 is 1.24 bits per heavy atom. The lowest BCUT2D eigenvalue weighted by atomic mass is 9.91. The van der Waals surface area contributed by atoms with Crippen LogP contribution in [0.3, 0.4) is 0 Å². The summed E-state index contributed by atoms with van der Waals surface area (Å²) in [6.45, 7) is 0.478. The Bertz CT molecular complexity index is 1250. The zero-order valence-corrected chi connectivity index (χ0v) is 18.9. The van der Waals surface area contributed by atoms with Gasteiger partial charge in [-0.05, 0) is 13.0 Å². The molecule has 2 unspecified atom stereocenters. The normalized spacial score (nSPS) is 24.6. The van der Waals surface area contributed by atoms with Crippen LogP contribution < -0.4 is 4.72 Å². The smallest absolute Gasteiger partial charge is 0.282 e. The third kappa shape index (κ3) is 4.75. The molecule has 0 bridgehead atoms. The van der Waals surface area contributed by atoms with Gasteiger partial charge in [-0.1, -0.05) is 16.8 Å². The van der Waals surface area contributed by atoms with Crippen LogP contribution in [-0.4, -0.2) is 60.4 Å². The van der Waals surface area contributed by atoms with Crippen molar-refractivity contribution < 1.29 is 30.8 Å². The fourth-order valence-corrected chi connectivity index (χ4v) is 4.75. The van der Waals surface area contributed by atoms with Gasteiger partial charge in [-0.15, -0.1) is 0 Å². The Morgan fingerprint density at radius 3 is 2.64 bits per heavy atom. The number of likely N-dealkylation sites (tertiary alicyclic amines) is 1. The highest BCUT2D eigenvalue weighted by atomic mass is 35.5. The van der Waals surface area contributed by atoms with Crippen molar-refractivity contribution in [2.75, 3.05) is 19.3 Å². The van der Waals surface area contributed by atoms with Crippen LogP contribution in [0.15, 0.2) is 29.7 Å². The Balaban J connectivity index is 1.62. The van der Waals surface area contributed by atoms with E-state index in [4.69, 9.17) is 16.4 Å². The maximum absolute atomic E-state index is 14.5. The predicted molar refractivity (Wildman–Crippen MR) is 111 cm³/mol. The zero-order chi connectivity index (χ0) is 24.2. The van der Waals surface area contributed by atoms with Crippen LogP contribution in [0.2, 0.25) is 5.02 Å². The molecular formula is C19H18ClF4N5O3S. The SMILES string of the molecule is CC1(c2ncc(Cl)cc2-c2ncc(F)cc2F)CC(N2CC(NS(C)(=O)=O)C(F)(F)C2)=NO1. The number of oxime groups is 1. The molecular weight excluding hydrogens is 490 g/mol. The Labute approximate surface area is 191 Å². The third-order valence-electron chi connectivity index (χ3n) is 5.30. The second kappa shape index (κ2) is 8.06. The molecule has 0 amide bonds. The van der Waals surface area contributed by atoms with E-state index in [-0.39, 0.29) is 40.8 Å². The van der Waals surface area contributed by atoms with Gasteiger partial charge in [-0.2, -0.15) is 0 Å². The molecule has 178 valence electrons. The number of halogens is 5. The van der Waals surface area contributed by atoms with Gasteiger partial charge in [0.05, 0.1) is 36.1 Å². The van der Waals surface area contributed by atoms with Gasteiger partial charge in [0.1, 0.15) is 23.4 Å². The highest BCUT2D eigenvalue weighted by Gasteiger charge is 2.52. The molecule has 33 heavy (non-hydrogen) atoms. The van der Waals surface area contributed by atoms with E-state index in [1.807, 2.05) is 4.72 Å². The maximum Gasteiger partial charge on any atom is 0.282 e. The van der Waals surface area contributed by atoms with Crippen molar-refractivity contribution in [1.29, 1.82) is 0 Å². The van der Waals surface area contributed by atoms with Crippen molar-refractivity contribution in [2.45, 2.75) is 30.9 Å². The fourth-order valence-electron chi connectivity index (χ4n) is 3.83. The second-order valence-corrected chi connectivity index (χ2v) is 10.3. The van der Waals surface area contributed by atoms with Crippen LogP contribution in [0.4, 0.5) is 17.6 Å². The molecule has 2 aromatic rings. The van der Waals surface area contributed by atoms with Crippen LogP contribution in [0.5, 0.6) is 0 Å². The van der Waals surface area contributed by atoms with E-state index in [0.717, 1.165) is 12.5 Å². The lowest BCUT2D eigenvalue weighted by Crippen LogP contribution is -2.46. The molecule has 0 aliphatic carbocycles. The molecule has 2 aliphatic rings. The largest absolute Gasteiger partial charge is 0.381 e. The molecule has 0 radical (unpaired) electrons. The van der Waals surface area contributed by atoms with Crippen molar-refractivity contribution in [3.63, 3.8) is 0 Å². The molecule has 4 heterocycles. The van der Waals surface area contributed by atoms with Gasteiger partial charge in [-0.25, -0.2) is 30.7 Å². The molecule has 4 rings (SSSR count). The highest BCUT2D eigenvalue weighted by Crippen LogP contribution is 2.41. The Morgan fingerprint density at radius 2 is 1.97 bits per heavy atom. The molecule has 2 atom stereocenters. The van der Waals surface area contributed by atoms with Gasteiger partial charge in [0.2, 0.25) is 10.0 Å². The number of rotatable bonds is 4. The summed E-state index contributed by atoms with van der Waals surface area (Å²) >= 11 is 6.03. The summed E-state index contributed by atoms with van der Waals surface area (Å²) in [6.07, 6.45) is 2.91. The lowest BCUT2D eigenvalue weighted by Gasteiger charge is -2.24. The van der Waals surface area contributed by atoms with Crippen molar-refractivity contribution in [2.24, 2.45) is 5.16 Å². The fraction of sp³-hybridized carbons (Fsp3) is 0.421. The zero-order valence-electron chi connectivity index (χ0n) is 17.3. The van der Waals surface area contributed by atoms with Crippen LogP contribution >= 0.6 is 11.6 Å². The van der Waals surface area contributed by atoms with E-state index < -0.39 is 45.8 Å². The van der Waals surface area contributed by atoms with E-state index in [9.17, 15) is 26.0 Å². The number of nitrogens with zero attached hydrogens (tertiary/aromatic N) is 4. The summed E-state index contributed by atoms with van der Waals surface area (Å²) in [5.41, 5.74) is -1.23. The van der Waals surface area contributed by atoms with Crippen LogP contribution in [0, 0.1) is 11.6 Å². The van der Waals surface area contributed by atoms with E-state index in [0.29, 0.717) is 6.07 Å². The van der Waals surface area contributed by atoms with Gasteiger partial charge in [0.15, 0.2) is 11.4 Å². The molecule has 1 saturated heterocycles. The third-order valence-corrected chi connectivity index (χ3v) is 6.22. The first-order valence-electron chi connectivity index (χ1n) is 9.60. The van der Waals surface area contributed by atoms with Crippen molar-refractivity contribution in [3.8, 4) is 11.3 Å². The molecule has 0 aromatic carbocycles. The number of amidine groups is 1. The molecule has 14 heteroatoms. The number of alkyl halides is 2. The number of hydrogen-bond acceptors (Lipinski definition) is 7. The van der Waals surface area contributed by atoms with Gasteiger partial charge < -0.3 is 9.74 Å². The van der Waals surface area contributed by atoms with Gasteiger partial charge in [-0.3, -0.25) is 9.97 Å². The van der Waals surface area contributed by atoms with Gasteiger partial charge in [0, 0.05) is 24.4 Å². The van der Waals surface area contributed by atoms with Gasteiger partial charge in [0.25, 0.3) is 5.92 Å². The van der Waals surface area contributed by atoms with E-state index >= 15 is 0 Å². The lowest BCUT2D eigenvalue weighted by molar-refractivity contribution is -0.0103. The maximum atomic E-state index is 14.5. The number of nitrogens with one attached hydrogen (secondary N) is 1. The average molecular weight is 508 g/mol. The minimum absolute atomic E-state index is 0.0286. The highest BCUT2D eigenvalue weighted by molar-refractivity contribution is 7.88. The predicted octanol–water partition coefficient (Wildman–Crippen LogP) is 2.89. The van der Waals surface area contributed by atoms with E-state index in [1.54, 1.807) is 6.92 Å². The van der Waals surface area contributed by atoms with Crippen molar-refractivity contribution in [1.82, 2.24) is 19.6 Å². The monoisotopic (exact) mass is 507 g/mol. The Hall–Kier alpha value is -2.51. The van der Waals surface area contributed by atoms with Crippen molar-refractivity contribution >= 4 is 27.5 Å². The molecule has 1 fully saturated rings. The van der Waals surface area contributed by atoms with Crippen LogP contribution in [0.25, 0.3) is 11.3 Å². The summed E-state index contributed by atoms with van der Waals surface area (Å²) in [6, 6.07) is 0.410. The Kier molecular flexibility index (Phi) is 5.78. The summed E-state index contributed by atoms with van der Waals surface area (Å²) in [5.74, 6) is -5.01. The molecule has 0 saturated carbocycles. The van der Waals surface area contributed by atoms with Crippen LogP contribution in [-0.2, 0) is 20.5 Å². The second-order valence-electron chi connectivity index (χ2n) is 8.12. The summed E-state index contributed by atoms with van der Waals surface area (Å²) in [4.78, 5) is 14.8. The number of pyridine rings is 2. The van der Waals surface area contributed by atoms with Crippen LogP contribution in [0.1, 0.15) is 19.0 Å². The molecule has 2 aliphatic heterocycles.